The summed E-state index contributed by atoms with van der Waals surface area (Å²) in [5, 5.41) is 7.05. The second-order valence-corrected chi connectivity index (χ2v) is 18.9. The van der Waals surface area contributed by atoms with E-state index in [1.807, 2.05) is 37.8 Å². The van der Waals surface area contributed by atoms with Crippen LogP contribution in [0.4, 0.5) is 28.4 Å². The van der Waals surface area contributed by atoms with Crippen molar-refractivity contribution >= 4 is 51.4 Å². The van der Waals surface area contributed by atoms with Crippen molar-refractivity contribution in [2.24, 2.45) is 17.3 Å². The fourth-order valence-electron chi connectivity index (χ4n) is 9.94. The number of amides is 5. The van der Waals surface area contributed by atoms with E-state index in [2.05, 4.69) is 32.2 Å². The molecule has 8 rings (SSSR count). The lowest BCUT2D eigenvalue weighted by Gasteiger charge is -2.43. The number of anilines is 1. The fourth-order valence-corrected chi connectivity index (χ4v) is 9.94. The van der Waals surface area contributed by atoms with Gasteiger partial charge in [0, 0.05) is 93.2 Å². The van der Waals surface area contributed by atoms with Crippen molar-refractivity contribution in [2.75, 3.05) is 71.5 Å². The van der Waals surface area contributed by atoms with E-state index >= 15 is 0 Å². The Morgan fingerprint density at radius 3 is 2.29 bits per heavy atom. The van der Waals surface area contributed by atoms with Crippen molar-refractivity contribution in [3.63, 3.8) is 0 Å². The van der Waals surface area contributed by atoms with Gasteiger partial charge in [-0.2, -0.15) is 0 Å². The molecule has 3 atom stereocenters. The van der Waals surface area contributed by atoms with Crippen LogP contribution in [0.15, 0.2) is 48.5 Å². The SMILES string of the molecule is COC(=O)N[C@@H](C(=O)N1C[C@@H](C)C[C@H]1c1nc2c(ccc3cc(-c4ccc(NC(=O)N5CCC(N6CCN(C(=O)C(C)(C)C)CC6)CC5)cc4OC(F)(F)F)ccc32)[nH]1)C1CCOCC1. The van der Waals surface area contributed by atoms with Gasteiger partial charge in [-0.3, -0.25) is 14.5 Å². The number of hydrogen-bond acceptors (Lipinski definition) is 9. The number of nitrogens with one attached hydrogen (secondary N) is 3. The molecule has 5 heterocycles. The molecule has 18 heteroatoms. The molecule has 0 radical (unpaired) electrons. The normalized spacial score (nSPS) is 21.1. The summed E-state index contributed by atoms with van der Waals surface area (Å²) in [7, 11) is 1.27. The van der Waals surface area contributed by atoms with Crippen LogP contribution in [0.5, 0.6) is 5.75 Å². The summed E-state index contributed by atoms with van der Waals surface area (Å²) in [5.74, 6) is 0.146. The van der Waals surface area contributed by atoms with Crippen LogP contribution < -0.4 is 15.4 Å². The van der Waals surface area contributed by atoms with E-state index in [1.54, 1.807) is 34.1 Å². The number of piperazine rings is 1. The van der Waals surface area contributed by atoms with Gasteiger partial charge in [-0.1, -0.05) is 45.9 Å². The van der Waals surface area contributed by atoms with Gasteiger partial charge in [0.25, 0.3) is 0 Å². The highest BCUT2D eigenvalue weighted by Gasteiger charge is 2.42. The van der Waals surface area contributed by atoms with Crippen molar-refractivity contribution in [2.45, 2.75) is 84.3 Å². The van der Waals surface area contributed by atoms with Gasteiger partial charge in [-0.05, 0) is 79.2 Å². The average Bonchev–Trinajstić information content (AvgIpc) is 3.91. The Labute approximate surface area is 376 Å². The number of carbonyl (C=O) groups excluding carboxylic acids is 4. The monoisotopic (exact) mass is 904 g/mol. The smallest absolute Gasteiger partial charge is 0.453 e. The van der Waals surface area contributed by atoms with Gasteiger partial charge in [-0.25, -0.2) is 14.6 Å². The Morgan fingerprint density at radius 2 is 1.62 bits per heavy atom. The number of H-pyrrole nitrogens is 1. The van der Waals surface area contributed by atoms with Crippen LogP contribution in [0.1, 0.15) is 71.7 Å². The Morgan fingerprint density at radius 1 is 0.892 bits per heavy atom. The summed E-state index contributed by atoms with van der Waals surface area (Å²) < 4.78 is 56.6. The van der Waals surface area contributed by atoms with E-state index in [4.69, 9.17) is 14.5 Å². The first-order valence-corrected chi connectivity index (χ1v) is 22.6. The first-order chi connectivity index (χ1) is 30.9. The molecule has 0 aliphatic carbocycles. The number of halogens is 3. The minimum atomic E-state index is -4.99. The van der Waals surface area contributed by atoms with E-state index in [9.17, 15) is 32.3 Å². The number of benzene rings is 3. The number of likely N-dealkylation sites (tertiary alicyclic amines) is 2. The number of alkyl halides is 3. The second-order valence-electron chi connectivity index (χ2n) is 18.9. The number of imidazole rings is 1. The highest BCUT2D eigenvalue weighted by molar-refractivity contribution is 6.05. The molecule has 4 aromatic rings. The second kappa shape index (κ2) is 18.7. The van der Waals surface area contributed by atoms with Gasteiger partial charge < -0.3 is 44.5 Å². The maximum Gasteiger partial charge on any atom is 0.573 e. The summed E-state index contributed by atoms with van der Waals surface area (Å²) in [6.07, 6.45) is -2.25. The Kier molecular flexibility index (Phi) is 13.2. The molecule has 3 N–H and O–H groups in total. The van der Waals surface area contributed by atoms with Crippen LogP contribution in [-0.2, 0) is 19.1 Å². The molecule has 4 saturated heterocycles. The molecule has 0 unspecified atom stereocenters. The van der Waals surface area contributed by atoms with Crippen molar-refractivity contribution in [1.82, 2.24) is 34.9 Å². The third kappa shape index (κ3) is 10.3. The molecule has 4 aliphatic rings. The Bertz CT molecular complexity index is 2400. The zero-order valence-electron chi connectivity index (χ0n) is 37.6. The van der Waals surface area contributed by atoms with E-state index < -0.39 is 35.7 Å². The minimum Gasteiger partial charge on any atom is -0.453 e. The third-order valence-electron chi connectivity index (χ3n) is 13.3. The van der Waals surface area contributed by atoms with Crippen LogP contribution >= 0.6 is 0 Å². The molecule has 0 bridgehead atoms. The number of fused-ring (bicyclic) bond motifs is 3. The molecule has 4 aliphatic heterocycles. The number of aromatic amines is 1. The summed E-state index contributed by atoms with van der Waals surface area (Å²) in [4.78, 5) is 69.0. The lowest BCUT2D eigenvalue weighted by molar-refractivity contribution is -0.274. The van der Waals surface area contributed by atoms with Crippen LogP contribution in [0.3, 0.4) is 0 Å². The molecule has 3 aromatic carbocycles. The number of ether oxygens (including phenoxy) is 3. The fraction of sp³-hybridized carbons (Fsp3) is 0.553. The maximum atomic E-state index is 14.2. The van der Waals surface area contributed by atoms with Crippen LogP contribution in [0.2, 0.25) is 0 Å². The zero-order chi connectivity index (χ0) is 46.2. The third-order valence-corrected chi connectivity index (χ3v) is 13.3. The first kappa shape index (κ1) is 45.9. The van der Waals surface area contributed by atoms with Crippen molar-refractivity contribution in [1.29, 1.82) is 0 Å². The maximum absolute atomic E-state index is 14.2. The van der Waals surface area contributed by atoms with Crippen LogP contribution in [-0.4, -0.2) is 138 Å². The van der Waals surface area contributed by atoms with Gasteiger partial charge in [0.1, 0.15) is 17.6 Å². The number of aromatic nitrogens is 2. The summed E-state index contributed by atoms with van der Waals surface area (Å²) >= 11 is 0. The summed E-state index contributed by atoms with van der Waals surface area (Å²) in [6, 6.07) is 12.0. The summed E-state index contributed by atoms with van der Waals surface area (Å²) in [5.41, 5.74) is 1.78. The largest absolute Gasteiger partial charge is 0.573 e. The lowest BCUT2D eigenvalue weighted by atomic mass is 9.90. The molecule has 65 heavy (non-hydrogen) atoms. The summed E-state index contributed by atoms with van der Waals surface area (Å²) in [6.45, 7) is 13.2. The topological polar surface area (TPSA) is 162 Å². The molecule has 1 aromatic heterocycles. The van der Waals surface area contributed by atoms with Crippen LogP contribution in [0.25, 0.3) is 32.9 Å². The number of carbonyl (C=O) groups is 4. The zero-order valence-corrected chi connectivity index (χ0v) is 37.6. The van der Waals surface area contributed by atoms with Crippen molar-refractivity contribution < 1.29 is 46.6 Å². The average molecular weight is 905 g/mol. The predicted molar refractivity (Wildman–Crippen MR) is 238 cm³/mol. The Hall–Kier alpha value is -5.62. The molecule has 4 fully saturated rings. The molecule has 0 spiro atoms. The molecular formula is C47H59F3N8O7. The molecule has 5 amide bonds. The first-order valence-electron chi connectivity index (χ1n) is 22.6. The van der Waals surface area contributed by atoms with E-state index in [0.29, 0.717) is 82.1 Å². The number of urea groups is 1. The highest BCUT2D eigenvalue weighted by atomic mass is 19.4. The number of alkyl carbamates (subject to hydrolysis) is 1. The van der Waals surface area contributed by atoms with E-state index in [0.717, 1.165) is 42.2 Å². The number of nitrogens with zero attached hydrogens (tertiary/aromatic N) is 5. The van der Waals surface area contributed by atoms with Gasteiger partial charge in [0.15, 0.2) is 0 Å². The van der Waals surface area contributed by atoms with E-state index in [-0.39, 0.29) is 47.0 Å². The van der Waals surface area contributed by atoms with Gasteiger partial charge in [0.2, 0.25) is 11.8 Å². The Balaban J connectivity index is 0.966. The predicted octanol–water partition coefficient (Wildman–Crippen LogP) is 7.53. The van der Waals surface area contributed by atoms with Gasteiger partial charge in [-0.15, -0.1) is 13.2 Å². The number of piperidine rings is 1. The molecule has 0 saturated carbocycles. The lowest BCUT2D eigenvalue weighted by Crippen LogP contribution is -2.56. The van der Waals surface area contributed by atoms with Gasteiger partial charge >= 0.3 is 18.5 Å². The molecule has 350 valence electrons. The van der Waals surface area contributed by atoms with Gasteiger partial charge in [0.05, 0.1) is 24.2 Å². The quantitative estimate of drug-likeness (QED) is 0.162. The molecular weight excluding hydrogens is 846 g/mol. The minimum absolute atomic E-state index is 0.113. The standard InChI is InChI=1S/C47H59F3N8O7/c1-28-24-37(58(27-28)42(59)39(54-45(62)63-5)29-14-22-64-23-15-29)41-52-36-11-7-31-25-30(6-9-35(31)40(36)53-41)34-10-8-32(26-38(34)65-47(48,49)50)51-44(61)57-16-12-33(13-17-57)55-18-20-56(21-19-55)43(60)46(2,3)4/h6-11,25-26,28-29,33,37,39H,12-24,27H2,1-5H3,(H,51,61)(H,52,53)(H,54,62)/t28-,37-,39+/m0/s1. The number of hydrogen-bond donors (Lipinski definition) is 3. The number of rotatable bonds is 8. The van der Waals surface area contributed by atoms with Crippen molar-refractivity contribution in [3.8, 4) is 16.9 Å². The van der Waals surface area contributed by atoms with Crippen LogP contribution in [0, 0.1) is 17.3 Å². The van der Waals surface area contributed by atoms with E-state index in [1.165, 1.54) is 19.2 Å². The molecule has 15 nitrogen and oxygen atoms in total. The van der Waals surface area contributed by atoms with Crippen molar-refractivity contribution in [3.05, 3.63) is 54.4 Å². The number of methoxy groups -OCH3 is 1. The highest BCUT2D eigenvalue weighted by Crippen LogP contribution is 2.40.